The van der Waals surface area contributed by atoms with Crippen molar-refractivity contribution in [3.63, 3.8) is 0 Å². The largest absolute Gasteiger partial charge is 0.271 e. The van der Waals surface area contributed by atoms with Crippen molar-refractivity contribution in [1.29, 1.82) is 0 Å². The highest BCUT2D eigenvalue weighted by Gasteiger charge is 2.16. The number of nitrogens with zero attached hydrogens (tertiary/aromatic N) is 1. The summed E-state index contributed by atoms with van der Waals surface area (Å²) in [6.07, 6.45) is 1.65. The Labute approximate surface area is 118 Å². The monoisotopic (exact) mass is 264 g/mol. The van der Waals surface area contributed by atoms with Gasteiger partial charge in [-0.2, -0.15) is 5.10 Å². The number of hydrogen-bond donors (Lipinski definition) is 1. The second kappa shape index (κ2) is 5.29. The minimum Gasteiger partial charge on any atom is -0.267 e. The molecule has 0 saturated carbocycles. The van der Waals surface area contributed by atoms with Crippen molar-refractivity contribution in [3.8, 4) is 0 Å². The van der Waals surface area contributed by atoms with Crippen LogP contribution in [0, 0.1) is 6.92 Å². The van der Waals surface area contributed by atoms with Crippen LogP contribution in [-0.2, 0) is 12.8 Å². The van der Waals surface area contributed by atoms with Crippen LogP contribution in [0.5, 0.6) is 0 Å². The van der Waals surface area contributed by atoms with E-state index in [2.05, 4.69) is 22.7 Å². The van der Waals surface area contributed by atoms with Gasteiger partial charge in [-0.25, -0.2) is 5.43 Å². The zero-order chi connectivity index (χ0) is 13.9. The van der Waals surface area contributed by atoms with Crippen molar-refractivity contribution < 1.29 is 4.79 Å². The van der Waals surface area contributed by atoms with Crippen molar-refractivity contribution in [1.82, 2.24) is 5.43 Å². The normalized spacial score (nSPS) is 12.9. The lowest BCUT2D eigenvalue weighted by molar-refractivity contribution is 0.0954. The fourth-order valence-corrected chi connectivity index (χ4v) is 2.50. The number of hydrazone groups is 1. The lowest BCUT2D eigenvalue weighted by Crippen LogP contribution is -2.20. The van der Waals surface area contributed by atoms with Crippen LogP contribution in [0.4, 0.5) is 0 Å². The molecule has 0 bridgehead atoms. The maximum Gasteiger partial charge on any atom is 0.271 e. The maximum atomic E-state index is 12.1. The Kier molecular flexibility index (Phi) is 3.33. The summed E-state index contributed by atoms with van der Waals surface area (Å²) in [5, 5.41) is 4.27. The van der Waals surface area contributed by atoms with Crippen LogP contribution in [-0.4, -0.2) is 11.6 Å². The molecule has 2 aromatic rings. The number of benzene rings is 2. The molecule has 0 unspecified atom stereocenters. The highest BCUT2D eigenvalue weighted by atomic mass is 16.2. The third kappa shape index (κ3) is 2.48. The zero-order valence-electron chi connectivity index (χ0n) is 11.4. The maximum absolute atomic E-state index is 12.1. The first-order valence-electron chi connectivity index (χ1n) is 6.72. The number of aryl methyl sites for hydroxylation is 1. The van der Waals surface area contributed by atoms with Gasteiger partial charge in [-0.05, 0) is 29.7 Å². The van der Waals surface area contributed by atoms with E-state index in [0.29, 0.717) is 5.56 Å². The molecule has 3 heteroatoms. The van der Waals surface area contributed by atoms with Crippen molar-refractivity contribution >= 4 is 11.6 Å². The van der Waals surface area contributed by atoms with E-state index in [9.17, 15) is 4.79 Å². The Bertz CT molecular complexity index is 662. The number of nitrogens with one attached hydrogen (secondary N) is 1. The fraction of sp³-hybridized carbons (Fsp3) is 0.176. The van der Waals surface area contributed by atoms with Gasteiger partial charge in [0.25, 0.3) is 5.91 Å². The molecule has 1 N–H and O–H groups in total. The second-order valence-electron chi connectivity index (χ2n) is 5.06. The van der Waals surface area contributed by atoms with Gasteiger partial charge < -0.3 is 0 Å². The first-order chi connectivity index (χ1) is 9.74. The fourth-order valence-electron chi connectivity index (χ4n) is 2.50. The molecule has 3 rings (SSSR count). The Balaban J connectivity index is 1.71. The predicted molar refractivity (Wildman–Crippen MR) is 79.9 cm³/mol. The smallest absolute Gasteiger partial charge is 0.267 e. The molecule has 0 atom stereocenters. The van der Waals surface area contributed by atoms with Crippen LogP contribution < -0.4 is 5.43 Å². The zero-order valence-corrected chi connectivity index (χ0v) is 11.4. The molecule has 1 aliphatic carbocycles. The summed E-state index contributed by atoms with van der Waals surface area (Å²) in [4.78, 5) is 12.1. The van der Waals surface area contributed by atoms with Crippen LogP contribution in [0.1, 0.15) is 27.0 Å². The summed E-state index contributed by atoms with van der Waals surface area (Å²) < 4.78 is 0. The average Bonchev–Trinajstić information content (AvgIpc) is 2.88. The minimum absolute atomic E-state index is 0.147. The number of fused-ring (bicyclic) bond motifs is 1. The molecule has 0 spiro atoms. The van der Waals surface area contributed by atoms with Crippen LogP contribution >= 0.6 is 0 Å². The topological polar surface area (TPSA) is 41.5 Å². The van der Waals surface area contributed by atoms with E-state index in [0.717, 1.165) is 24.1 Å². The molecule has 0 aromatic heterocycles. The molecule has 20 heavy (non-hydrogen) atoms. The minimum atomic E-state index is -0.147. The number of carbonyl (C=O) groups is 1. The summed E-state index contributed by atoms with van der Waals surface area (Å²) in [6, 6.07) is 15.8. The van der Waals surface area contributed by atoms with Crippen LogP contribution in [0.15, 0.2) is 53.6 Å². The predicted octanol–water partition coefficient (Wildman–Crippen LogP) is 2.88. The van der Waals surface area contributed by atoms with Gasteiger partial charge in [0.2, 0.25) is 0 Å². The molecule has 0 aliphatic heterocycles. The van der Waals surface area contributed by atoms with Gasteiger partial charge in [0.1, 0.15) is 0 Å². The van der Waals surface area contributed by atoms with Crippen LogP contribution in [0.3, 0.4) is 0 Å². The lowest BCUT2D eigenvalue weighted by atomic mass is 10.1. The van der Waals surface area contributed by atoms with E-state index in [1.165, 1.54) is 11.1 Å². The van der Waals surface area contributed by atoms with Gasteiger partial charge in [-0.3, -0.25) is 4.79 Å². The molecule has 3 nitrogen and oxygen atoms in total. The highest BCUT2D eigenvalue weighted by Crippen LogP contribution is 2.19. The van der Waals surface area contributed by atoms with E-state index < -0.39 is 0 Å². The standard InChI is InChI=1S/C17H16N2O/c1-12-6-2-5-9-16(12)17(20)19-18-15-10-13-7-3-4-8-14(13)11-15/h2-9H,10-11H2,1H3,(H,19,20). The number of hydrogen-bond acceptors (Lipinski definition) is 2. The molecule has 1 aliphatic rings. The van der Waals surface area contributed by atoms with Gasteiger partial charge in [0, 0.05) is 24.1 Å². The van der Waals surface area contributed by atoms with E-state index in [1.807, 2.05) is 43.3 Å². The van der Waals surface area contributed by atoms with Crippen LogP contribution in [0.2, 0.25) is 0 Å². The van der Waals surface area contributed by atoms with E-state index in [1.54, 1.807) is 0 Å². The molecule has 1 amide bonds. The van der Waals surface area contributed by atoms with Gasteiger partial charge in [0.05, 0.1) is 0 Å². The van der Waals surface area contributed by atoms with Gasteiger partial charge >= 0.3 is 0 Å². The summed E-state index contributed by atoms with van der Waals surface area (Å²) in [7, 11) is 0. The molecule has 0 heterocycles. The van der Waals surface area contributed by atoms with E-state index in [4.69, 9.17) is 0 Å². The average molecular weight is 264 g/mol. The Morgan fingerprint density at radius 2 is 1.60 bits per heavy atom. The molecular formula is C17H16N2O. The Hall–Kier alpha value is -2.42. The molecule has 0 fully saturated rings. The summed E-state index contributed by atoms with van der Waals surface area (Å²) in [5.41, 5.74) is 7.91. The van der Waals surface area contributed by atoms with Gasteiger partial charge in [0.15, 0.2) is 0 Å². The Morgan fingerprint density at radius 1 is 1.00 bits per heavy atom. The number of amides is 1. The van der Waals surface area contributed by atoms with Crippen LogP contribution in [0.25, 0.3) is 0 Å². The first-order valence-corrected chi connectivity index (χ1v) is 6.72. The molecule has 0 radical (unpaired) electrons. The van der Waals surface area contributed by atoms with Crippen molar-refractivity contribution in [2.24, 2.45) is 5.10 Å². The van der Waals surface area contributed by atoms with Crippen molar-refractivity contribution in [2.45, 2.75) is 19.8 Å². The SMILES string of the molecule is Cc1ccccc1C(=O)NN=C1Cc2ccccc2C1. The Morgan fingerprint density at radius 3 is 2.25 bits per heavy atom. The molecular weight excluding hydrogens is 248 g/mol. The third-order valence-corrected chi connectivity index (χ3v) is 3.61. The quantitative estimate of drug-likeness (QED) is 0.833. The lowest BCUT2D eigenvalue weighted by Gasteiger charge is -2.04. The molecule has 2 aromatic carbocycles. The summed E-state index contributed by atoms with van der Waals surface area (Å²) in [5.74, 6) is -0.147. The van der Waals surface area contributed by atoms with E-state index in [-0.39, 0.29) is 5.91 Å². The summed E-state index contributed by atoms with van der Waals surface area (Å²) >= 11 is 0. The number of carbonyl (C=O) groups excluding carboxylic acids is 1. The van der Waals surface area contributed by atoms with Gasteiger partial charge in [-0.1, -0.05) is 42.5 Å². The van der Waals surface area contributed by atoms with E-state index >= 15 is 0 Å². The molecule has 0 saturated heterocycles. The van der Waals surface area contributed by atoms with Gasteiger partial charge in [-0.15, -0.1) is 0 Å². The highest BCUT2D eigenvalue weighted by molar-refractivity contribution is 5.98. The molecule has 100 valence electrons. The summed E-state index contributed by atoms with van der Waals surface area (Å²) in [6.45, 7) is 1.92. The number of rotatable bonds is 2. The third-order valence-electron chi connectivity index (χ3n) is 3.61. The first kappa shape index (κ1) is 12.6. The second-order valence-corrected chi connectivity index (χ2v) is 5.06. The van der Waals surface area contributed by atoms with Crippen molar-refractivity contribution in [3.05, 3.63) is 70.8 Å². The van der Waals surface area contributed by atoms with Crippen molar-refractivity contribution in [2.75, 3.05) is 0 Å².